The normalized spacial score (nSPS) is 12.6. The Morgan fingerprint density at radius 1 is 1.64 bits per heavy atom. The van der Waals surface area contributed by atoms with Crippen molar-refractivity contribution in [2.75, 3.05) is 6.54 Å². The van der Waals surface area contributed by atoms with Gasteiger partial charge in [0.05, 0.1) is 0 Å². The number of hydrogen-bond acceptors (Lipinski definition) is 2. The largest absolute Gasteiger partial charge is 0.314 e. The Hall–Kier alpha value is -0.600. The van der Waals surface area contributed by atoms with Gasteiger partial charge in [-0.2, -0.15) is 11.3 Å². The number of nitrogens with one attached hydrogen (secondary N) is 1. The predicted molar refractivity (Wildman–Crippen MR) is 64.9 cm³/mol. The summed E-state index contributed by atoms with van der Waals surface area (Å²) in [5, 5.41) is 7.88. The third-order valence-corrected chi connectivity index (χ3v) is 2.93. The van der Waals surface area contributed by atoms with E-state index in [4.69, 9.17) is 0 Å². The fourth-order valence-electron chi connectivity index (χ4n) is 1.43. The van der Waals surface area contributed by atoms with Crippen LogP contribution in [0, 0.1) is 0 Å². The van der Waals surface area contributed by atoms with Crippen molar-refractivity contribution in [2.24, 2.45) is 0 Å². The minimum atomic E-state index is 0.578. The predicted octanol–water partition coefficient (Wildman–Crippen LogP) is 3.23. The molecular weight excluding hydrogens is 190 g/mol. The summed E-state index contributed by atoms with van der Waals surface area (Å²) in [5.74, 6) is 0. The lowest BCUT2D eigenvalue weighted by Crippen LogP contribution is -2.28. The van der Waals surface area contributed by atoms with Crippen LogP contribution >= 0.6 is 11.3 Å². The quantitative estimate of drug-likeness (QED) is 0.537. The molecule has 0 amide bonds. The van der Waals surface area contributed by atoms with Crippen molar-refractivity contribution in [1.82, 2.24) is 5.32 Å². The molecule has 0 bridgehead atoms. The molecule has 1 aromatic rings. The van der Waals surface area contributed by atoms with Gasteiger partial charge in [-0.3, -0.25) is 0 Å². The molecule has 1 N–H and O–H groups in total. The van der Waals surface area contributed by atoms with Crippen molar-refractivity contribution in [1.29, 1.82) is 0 Å². The Labute approximate surface area is 90.9 Å². The Bertz CT molecular complexity index is 241. The molecule has 1 aromatic heterocycles. The van der Waals surface area contributed by atoms with Gasteiger partial charge >= 0.3 is 0 Å². The Kier molecular flexibility index (Phi) is 5.57. The molecule has 0 saturated carbocycles. The molecule has 0 aromatic carbocycles. The van der Waals surface area contributed by atoms with Crippen molar-refractivity contribution in [3.8, 4) is 0 Å². The summed E-state index contributed by atoms with van der Waals surface area (Å²) >= 11 is 1.77. The molecule has 1 nitrogen and oxygen atoms in total. The van der Waals surface area contributed by atoms with Gasteiger partial charge in [0.15, 0.2) is 0 Å². The average Bonchev–Trinajstić information content (AvgIpc) is 2.65. The van der Waals surface area contributed by atoms with Crippen molar-refractivity contribution < 1.29 is 0 Å². The fraction of sp³-hybridized carbons (Fsp3) is 0.500. The van der Waals surface area contributed by atoms with Gasteiger partial charge in [0.25, 0.3) is 0 Å². The maximum atomic E-state index is 3.71. The highest BCUT2D eigenvalue weighted by molar-refractivity contribution is 7.07. The molecule has 1 rings (SSSR count). The van der Waals surface area contributed by atoms with Gasteiger partial charge in [0.2, 0.25) is 0 Å². The van der Waals surface area contributed by atoms with E-state index in [1.807, 2.05) is 6.08 Å². The molecule has 2 heteroatoms. The first-order valence-electron chi connectivity index (χ1n) is 5.18. The summed E-state index contributed by atoms with van der Waals surface area (Å²) in [7, 11) is 0. The highest BCUT2D eigenvalue weighted by atomic mass is 32.1. The van der Waals surface area contributed by atoms with Crippen LogP contribution < -0.4 is 5.32 Å². The zero-order chi connectivity index (χ0) is 10.2. The van der Waals surface area contributed by atoms with Crippen LogP contribution in [0.2, 0.25) is 0 Å². The van der Waals surface area contributed by atoms with Crippen molar-refractivity contribution in [3.63, 3.8) is 0 Å². The molecule has 14 heavy (non-hydrogen) atoms. The molecule has 0 aliphatic rings. The van der Waals surface area contributed by atoms with Gasteiger partial charge in [-0.1, -0.05) is 6.08 Å². The van der Waals surface area contributed by atoms with Crippen LogP contribution in [0.4, 0.5) is 0 Å². The SMILES string of the molecule is C=CCCCNC(C)Cc1ccsc1. The second kappa shape index (κ2) is 6.80. The molecule has 1 unspecified atom stereocenters. The first-order valence-corrected chi connectivity index (χ1v) is 6.12. The van der Waals surface area contributed by atoms with E-state index in [-0.39, 0.29) is 0 Å². The smallest absolute Gasteiger partial charge is 0.00794 e. The van der Waals surface area contributed by atoms with E-state index in [9.17, 15) is 0 Å². The zero-order valence-electron chi connectivity index (χ0n) is 8.83. The molecule has 0 radical (unpaired) electrons. The fourth-order valence-corrected chi connectivity index (χ4v) is 2.11. The van der Waals surface area contributed by atoms with Gasteiger partial charge in [-0.25, -0.2) is 0 Å². The van der Waals surface area contributed by atoms with Crippen molar-refractivity contribution in [3.05, 3.63) is 35.0 Å². The second-order valence-corrected chi connectivity index (χ2v) is 4.40. The number of allylic oxidation sites excluding steroid dienone is 1. The second-order valence-electron chi connectivity index (χ2n) is 3.62. The highest BCUT2D eigenvalue weighted by Gasteiger charge is 2.01. The van der Waals surface area contributed by atoms with Crippen LogP contribution in [-0.2, 0) is 6.42 Å². The topological polar surface area (TPSA) is 12.0 Å². The van der Waals surface area contributed by atoms with Crippen LogP contribution in [-0.4, -0.2) is 12.6 Å². The molecule has 1 heterocycles. The molecule has 0 spiro atoms. The van der Waals surface area contributed by atoms with Crippen molar-refractivity contribution in [2.45, 2.75) is 32.2 Å². The molecule has 1 atom stereocenters. The number of rotatable bonds is 7. The maximum Gasteiger partial charge on any atom is 0.00794 e. The Balaban J connectivity index is 2.10. The van der Waals surface area contributed by atoms with Gasteiger partial charge < -0.3 is 5.32 Å². The summed E-state index contributed by atoms with van der Waals surface area (Å²) < 4.78 is 0. The molecule has 78 valence electrons. The third-order valence-electron chi connectivity index (χ3n) is 2.20. The Morgan fingerprint density at radius 2 is 2.50 bits per heavy atom. The van der Waals surface area contributed by atoms with Crippen LogP contribution in [0.5, 0.6) is 0 Å². The highest BCUT2D eigenvalue weighted by Crippen LogP contribution is 2.08. The lowest BCUT2D eigenvalue weighted by atomic mass is 10.1. The monoisotopic (exact) mass is 209 g/mol. The minimum absolute atomic E-state index is 0.578. The molecule has 0 aliphatic heterocycles. The molecule has 0 fully saturated rings. The first-order chi connectivity index (χ1) is 6.83. The van der Waals surface area contributed by atoms with Crippen LogP contribution in [0.3, 0.4) is 0 Å². The summed E-state index contributed by atoms with van der Waals surface area (Å²) in [6.45, 7) is 7.05. The third kappa shape index (κ3) is 4.58. The summed E-state index contributed by atoms with van der Waals surface area (Å²) in [5.41, 5.74) is 1.44. The van der Waals surface area contributed by atoms with E-state index in [0.29, 0.717) is 6.04 Å². The number of unbranched alkanes of at least 4 members (excludes halogenated alkanes) is 1. The lowest BCUT2D eigenvalue weighted by Gasteiger charge is -2.12. The first kappa shape index (κ1) is 11.5. The molecule has 0 saturated heterocycles. The van der Waals surface area contributed by atoms with Crippen molar-refractivity contribution >= 4 is 11.3 Å². The van der Waals surface area contributed by atoms with E-state index in [2.05, 4.69) is 35.6 Å². The van der Waals surface area contributed by atoms with E-state index in [0.717, 1.165) is 19.4 Å². The van der Waals surface area contributed by atoms with Gasteiger partial charge in [0.1, 0.15) is 0 Å². The summed E-state index contributed by atoms with van der Waals surface area (Å²) in [4.78, 5) is 0. The molecule has 0 aliphatic carbocycles. The minimum Gasteiger partial charge on any atom is -0.314 e. The van der Waals surface area contributed by atoms with E-state index in [1.165, 1.54) is 12.0 Å². The van der Waals surface area contributed by atoms with Crippen LogP contribution in [0.25, 0.3) is 0 Å². The molecular formula is C12H19NS. The average molecular weight is 209 g/mol. The maximum absolute atomic E-state index is 3.71. The van der Waals surface area contributed by atoms with E-state index in [1.54, 1.807) is 11.3 Å². The zero-order valence-corrected chi connectivity index (χ0v) is 9.65. The van der Waals surface area contributed by atoms with Gasteiger partial charge in [-0.05, 0) is 55.1 Å². The summed E-state index contributed by atoms with van der Waals surface area (Å²) in [6.07, 6.45) is 5.42. The standard InChI is InChI=1S/C12H19NS/c1-3-4-5-7-13-11(2)9-12-6-8-14-10-12/h3,6,8,10-11,13H,1,4-5,7,9H2,2H3. The van der Waals surface area contributed by atoms with E-state index < -0.39 is 0 Å². The van der Waals surface area contributed by atoms with Gasteiger partial charge in [-0.15, -0.1) is 6.58 Å². The van der Waals surface area contributed by atoms with E-state index >= 15 is 0 Å². The lowest BCUT2D eigenvalue weighted by molar-refractivity contribution is 0.536. The summed E-state index contributed by atoms with van der Waals surface area (Å²) in [6, 6.07) is 2.78. The number of hydrogen-bond donors (Lipinski definition) is 1. The van der Waals surface area contributed by atoms with Gasteiger partial charge in [0, 0.05) is 6.04 Å². The van der Waals surface area contributed by atoms with Crippen LogP contribution in [0.1, 0.15) is 25.3 Å². The van der Waals surface area contributed by atoms with Crippen LogP contribution in [0.15, 0.2) is 29.5 Å². The Morgan fingerprint density at radius 3 is 3.14 bits per heavy atom. The number of thiophene rings is 1.